The van der Waals surface area contributed by atoms with Crippen LogP contribution in [0.4, 0.5) is 0 Å². The molecule has 5 heteroatoms. The molecule has 3 fully saturated rings. The topological polar surface area (TPSA) is 52.6 Å². The van der Waals surface area contributed by atoms with Crippen LogP contribution in [-0.2, 0) is 14.3 Å². The number of Topliss-reactive ketones (excluding diaryl/α,β-unsaturated/α-hetero) is 2. The summed E-state index contributed by atoms with van der Waals surface area (Å²) in [5.41, 5.74) is 0. The van der Waals surface area contributed by atoms with E-state index in [1.807, 2.05) is 17.5 Å². The molecule has 5 atom stereocenters. The molecule has 4 rings (SSSR count). The number of carbonyl (C=O) groups is 2. The molecule has 88 valence electrons. The SMILES string of the molecule is O=C(c1cccs1)[C@@H]1[C@H]2C(=O)[C@H]3OC[C@@H](O3)[C@@H]12. The van der Waals surface area contributed by atoms with E-state index in [4.69, 9.17) is 9.47 Å². The quantitative estimate of drug-likeness (QED) is 0.738. The summed E-state index contributed by atoms with van der Waals surface area (Å²) in [6, 6.07) is 3.68. The van der Waals surface area contributed by atoms with Crippen LogP contribution >= 0.6 is 11.3 Å². The first kappa shape index (κ1) is 9.94. The summed E-state index contributed by atoms with van der Waals surface area (Å²) < 4.78 is 10.7. The second-order valence-corrected chi connectivity index (χ2v) is 5.66. The Morgan fingerprint density at radius 1 is 1.47 bits per heavy atom. The van der Waals surface area contributed by atoms with Crippen molar-refractivity contribution < 1.29 is 19.1 Å². The van der Waals surface area contributed by atoms with Crippen LogP contribution in [0.3, 0.4) is 0 Å². The minimum atomic E-state index is -0.706. The number of hydrogen-bond acceptors (Lipinski definition) is 5. The molecule has 0 unspecified atom stereocenters. The fourth-order valence-corrected chi connectivity index (χ4v) is 3.73. The number of carbonyl (C=O) groups excluding carboxylic acids is 2. The van der Waals surface area contributed by atoms with Crippen molar-refractivity contribution in [1.82, 2.24) is 0 Å². The lowest BCUT2D eigenvalue weighted by Crippen LogP contribution is -2.30. The van der Waals surface area contributed by atoms with Crippen LogP contribution in [0, 0.1) is 17.8 Å². The van der Waals surface area contributed by atoms with Gasteiger partial charge in [-0.1, -0.05) is 6.07 Å². The van der Waals surface area contributed by atoms with Crippen LogP contribution in [0.25, 0.3) is 0 Å². The minimum absolute atomic E-state index is 0.0429. The first-order valence-electron chi connectivity index (χ1n) is 5.66. The lowest BCUT2D eigenvalue weighted by molar-refractivity contribution is -0.153. The number of fused-ring (bicyclic) bond motifs is 4. The molecular weight excluding hydrogens is 240 g/mol. The van der Waals surface area contributed by atoms with Crippen LogP contribution in [0.2, 0.25) is 0 Å². The molecule has 1 aromatic rings. The maximum atomic E-state index is 12.2. The molecular formula is C12H10O4S. The Morgan fingerprint density at radius 2 is 2.35 bits per heavy atom. The van der Waals surface area contributed by atoms with E-state index in [1.54, 1.807) is 0 Å². The molecule has 1 aromatic heterocycles. The van der Waals surface area contributed by atoms with E-state index >= 15 is 0 Å². The molecule has 2 bridgehead atoms. The number of ketones is 2. The standard InChI is InChI=1S/C12H10O4S/c13-10(6-2-1-3-17-6)8-7-5-4-15-12(16-5)11(14)9(7)8/h1-3,5,7-9,12H,4H2/t5-,7+,8+,9+,12+/m1/s1. The third-order valence-electron chi connectivity index (χ3n) is 3.84. The van der Waals surface area contributed by atoms with Crippen molar-refractivity contribution in [3.05, 3.63) is 22.4 Å². The Balaban J connectivity index is 1.63. The second kappa shape index (κ2) is 3.25. The fraction of sp³-hybridized carbons (Fsp3) is 0.500. The first-order valence-corrected chi connectivity index (χ1v) is 6.54. The average Bonchev–Trinajstić information content (AvgIpc) is 2.77. The summed E-state index contributed by atoms with van der Waals surface area (Å²) in [4.78, 5) is 24.9. The highest BCUT2D eigenvalue weighted by atomic mass is 32.1. The van der Waals surface area contributed by atoms with Gasteiger partial charge in [0.1, 0.15) is 0 Å². The Kier molecular flexibility index (Phi) is 1.90. The van der Waals surface area contributed by atoms with E-state index in [9.17, 15) is 9.59 Å². The molecule has 1 aliphatic carbocycles. The summed E-state index contributed by atoms with van der Waals surface area (Å²) in [7, 11) is 0. The lowest BCUT2D eigenvalue weighted by Gasteiger charge is -2.14. The van der Waals surface area contributed by atoms with Crippen molar-refractivity contribution in [3.63, 3.8) is 0 Å². The molecule has 0 amide bonds. The van der Waals surface area contributed by atoms with Gasteiger partial charge in [0, 0.05) is 17.8 Å². The summed E-state index contributed by atoms with van der Waals surface area (Å²) >= 11 is 1.43. The largest absolute Gasteiger partial charge is 0.343 e. The van der Waals surface area contributed by atoms with Gasteiger partial charge in [-0.25, -0.2) is 0 Å². The second-order valence-electron chi connectivity index (χ2n) is 4.71. The fourth-order valence-electron chi connectivity index (χ4n) is 3.01. The zero-order valence-electron chi connectivity index (χ0n) is 8.87. The van der Waals surface area contributed by atoms with Gasteiger partial charge in [0.15, 0.2) is 11.6 Å². The molecule has 1 saturated carbocycles. The molecule has 0 radical (unpaired) electrons. The molecule has 3 aliphatic rings. The average molecular weight is 250 g/mol. The third-order valence-corrected chi connectivity index (χ3v) is 4.73. The predicted molar refractivity (Wildman–Crippen MR) is 58.7 cm³/mol. The number of hydrogen-bond donors (Lipinski definition) is 0. The molecule has 0 N–H and O–H groups in total. The van der Waals surface area contributed by atoms with Crippen molar-refractivity contribution in [1.29, 1.82) is 0 Å². The molecule has 2 saturated heterocycles. The van der Waals surface area contributed by atoms with E-state index in [0.717, 1.165) is 4.88 Å². The summed E-state index contributed by atoms with van der Waals surface area (Å²) in [5.74, 6) is -0.218. The number of rotatable bonds is 2. The zero-order chi connectivity index (χ0) is 11.6. The van der Waals surface area contributed by atoms with Gasteiger partial charge in [-0.3, -0.25) is 9.59 Å². The van der Waals surface area contributed by atoms with E-state index < -0.39 is 6.29 Å². The summed E-state index contributed by atoms with van der Waals surface area (Å²) in [6.45, 7) is 0.450. The molecule has 2 aliphatic heterocycles. The van der Waals surface area contributed by atoms with Crippen molar-refractivity contribution in [2.24, 2.45) is 17.8 Å². The van der Waals surface area contributed by atoms with E-state index in [1.165, 1.54) is 11.3 Å². The summed E-state index contributed by atoms with van der Waals surface area (Å²) in [6.07, 6.45) is -0.765. The highest BCUT2D eigenvalue weighted by Crippen LogP contribution is 2.57. The third kappa shape index (κ3) is 1.24. The number of thiophene rings is 1. The molecule has 4 nitrogen and oxygen atoms in total. The zero-order valence-corrected chi connectivity index (χ0v) is 9.68. The molecule has 3 heterocycles. The van der Waals surface area contributed by atoms with E-state index in [2.05, 4.69) is 0 Å². The van der Waals surface area contributed by atoms with Crippen LogP contribution in [0.5, 0.6) is 0 Å². The van der Waals surface area contributed by atoms with Crippen LogP contribution in [-0.4, -0.2) is 30.6 Å². The van der Waals surface area contributed by atoms with Crippen molar-refractivity contribution in [2.75, 3.05) is 6.61 Å². The van der Waals surface area contributed by atoms with E-state index in [-0.39, 0.29) is 35.4 Å². The Morgan fingerprint density at radius 3 is 3.12 bits per heavy atom. The predicted octanol–water partition coefficient (Wildman–Crippen LogP) is 1.12. The maximum Gasteiger partial charge on any atom is 0.218 e. The maximum absolute atomic E-state index is 12.2. The Bertz CT molecular complexity index is 495. The van der Waals surface area contributed by atoms with Crippen molar-refractivity contribution >= 4 is 22.9 Å². The van der Waals surface area contributed by atoms with Gasteiger partial charge >= 0.3 is 0 Å². The minimum Gasteiger partial charge on any atom is -0.343 e. The lowest BCUT2D eigenvalue weighted by atomic mass is 10.1. The van der Waals surface area contributed by atoms with Crippen LogP contribution in [0.15, 0.2) is 17.5 Å². The smallest absolute Gasteiger partial charge is 0.218 e. The molecule has 17 heavy (non-hydrogen) atoms. The van der Waals surface area contributed by atoms with Gasteiger partial charge in [0.2, 0.25) is 6.29 Å². The van der Waals surface area contributed by atoms with Crippen molar-refractivity contribution in [3.8, 4) is 0 Å². The Hall–Kier alpha value is -1.04. The Labute approximate surface area is 102 Å². The first-order chi connectivity index (χ1) is 8.27. The molecule has 0 spiro atoms. The van der Waals surface area contributed by atoms with Gasteiger partial charge in [0.05, 0.1) is 17.6 Å². The molecule has 0 aromatic carbocycles. The monoisotopic (exact) mass is 250 g/mol. The highest BCUT2D eigenvalue weighted by Gasteiger charge is 2.68. The van der Waals surface area contributed by atoms with Crippen LogP contribution < -0.4 is 0 Å². The van der Waals surface area contributed by atoms with Gasteiger partial charge < -0.3 is 9.47 Å². The van der Waals surface area contributed by atoms with E-state index in [0.29, 0.717) is 6.61 Å². The van der Waals surface area contributed by atoms with Gasteiger partial charge in [-0.05, 0) is 11.4 Å². The van der Waals surface area contributed by atoms with Crippen LogP contribution in [0.1, 0.15) is 9.67 Å². The number of ether oxygens (including phenoxy) is 2. The normalized spacial score (nSPS) is 42.4. The highest BCUT2D eigenvalue weighted by molar-refractivity contribution is 7.12. The van der Waals surface area contributed by atoms with Crippen molar-refractivity contribution in [2.45, 2.75) is 12.4 Å². The van der Waals surface area contributed by atoms with Gasteiger partial charge in [-0.2, -0.15) is 0 Å². The van der Waals surface area contributed by atoms with Gasteiger partial charge in [-0.15, -0.1) is 11.3 Å². The summed E-state index contributed by atoms with van der Waals surface area (Å²) in [5, 5.41) is 1.88. The van der Waals surface area contributed by atoms with Gasteiger partial charge in [0.25, 0.3) is 0 Å².